The van der Waals surface area contributed by atoms with Crippen LogP contribution in [0.25, 0.3) is 0 Å². The van der Waals surface area contributed by atoms with Crippen LogP contribution in [0.3, 0.4) is 0 Å². The summed E-state index contributed by atoms with van der Waals surface area (Å²) in [6.07, 6.45) is 0. The summed E-state index contributed by atoms with van der Waals surface area (Å²) >= 11 is 13.6. The number of carboxylic acids is 1. The predicted molar refractivity (Wildman–Crippen MR) is 104 cm³/mol. The van der Waals surface area contributed by atoms with Crippen molar-refractivity contribution in [3.05, 3.63) is 57.6 Å². The Kier molecular flexibility index (Phi) is 5.74. The molecule has 0 bridgehead atoms. The first-order valence-corrected chi connectivity index (χ1v) is 9.63. The molecule has 1 fully saturated rings. The quantitative estimate of drug-likeness (QED) is 0.764. The molecule has 1 heterocycles. The van der Waals surface area contributed by atoms with E-state index in [1.165, 1.54) is 42.0 Å². The zero-order valence-corrected chi connectivity index (χ0v) is 16.4. The number of aliphatic carboxylic acids is 1. The number of ether oxygens (including phenoxy) is 1. The van der Waals surface area contributed by atoms with Crippen LogP contribution < -0.4 is 4.74 Å². The number of benzene rings is 2. The largest absolute Gasteiger partial charge is 0.504 e. The van der Waals surface area contributed by atoms with Crippen molar-refractivity contribution >= 4 is 46.8 Å². The lowest BCUT2D eigenvalue weighted by Crippen LogP contribution is -2.43. The van der Waals surface area contributed by atoms with Gasteiger partial charge in [0.15, 0.2) is 11.5 Å². The van der Waals surface area contributed by atoms with Gasteiger partial charge in [0, 0.05) is 5.75 Å². The lowest BCUT2D eigenvalue weighted by atomic mass is 10.1. The number of thioether (sulfide) groups is 1. The van der Waals surface area contributed by atoms with Crippen molar-refractivity contribution in [3.8, 4) is 11.5 Å². The fourth-order valence-corrected chi connectivity index (χ4v) is 4.86. The molecule has 3 rings (SSSR count). The molecule has 2 unspecified atom stereocenters. The molecule has 2 aromatic carbocycles. The third-order valence-corrected chi connectivity index (χ3v) is 6.14. The highest BCUT2D eigenvalue weighted by atomic mass is 35.5. The summed E-state index contributed by atoms with van der Waals surface area (Å²) < 4.78 is 5.03. The van der Waals surface area contributed by atoms with Gasteiger partial charge in [-0.05, 0) is 29.8 Å². The number of nitrogens with zero attached hydrogens (tertiary/aromatic N) is 1. The number of carbonyl (C=O) groups is 2. The number of amides is 1. The molecule has 0 saturated carbocycles. The van der Waals surface area contributed by atoms with Crippen molar-refractivity contribution in [2.24, 2.45) is 0 Å². The third-order valence-electron chi connectivity index (χ3n) is 4.18. The number of carboxylic acid groups (broad SMARTS) is 1. The molecule has 9 heteroatoms. The Morgan fingerprint density at radius 3 is 2.44 bits per heavy atom. The number of rotatable bonds is 4. The first kappa shape index (κ1) is 19.7. The lowest BCUT2D eigenvalue weighted by Gasteiger charge is -2.28. The molecule has 27 heavy (non-hydrogen) atoms. The molecule has 1 amide bonds. The number of methoxy groups -OCH3 is 1. The topological polar surface area (TPSA) is 87.1 Å². The maximum Gasteiger partial charge on any atom is 0.327 e. The number of hydrogen-bond donors (Lipinski definition) is 2. The van der Waals surface area contributed by atoms with Gasteiger partial charge >= 0.3 is 5.97 Å². The molecule has 1 saturated heterocycles. The second-order valence-electron chi connectivity index (χ2n) is 5.78. The van der Waals surface area contributed by atoms with Crippen molar-refractivity contribution in [1.82, 2.24) is 4.90 Å². The Balaban J connectivity index is 2.05. The van der Waals surface area contributed by atoms with Crippen LogP contribution in [0.1, 0.15) is 21.3 Å². The van der Waals surface area contributed by atoms with Crippen molar-refractivity contribution in [1.29, 1.82) is 0 Å². The average Bonchev–Trinajstić information content (AvgIpc) is 3.06. The Labute approximate surface area is 169 Å². The standard InChI is InChI=1S/C18H15Cl2NO5S/c1-26-14-6-5-9(7-13(14)22)17-21(12(8-27-17)18(24)25)16(23)15-10(19)3-2-4-11(15)20/h2-7,12,17,22H,8H2,1H3,(H,24,25). The van der Waals surface area contributed by atoms with Crippen LogP contribution in [0.5, 0.6) is 11.5 Å². The molecule has 0 aliphatic carbocycles. The summed E-state index contributed by atoms with van der Waals surface area (Å²) in [7, 11) is 1.43. The minimum absolute atomic E-state index is 0.0531. The Hall–Kier alpha value is -2.09. The van der Waals surface area contributed by atoms with Gasteiger partial charge in [0.05, 0.1) is 22.7 Å². The van der Waals surface area contributed by atoms with Crippen LogP contribution in [0.2, 0.25) is 10.0 Å². The summed E-state index contributed by atoms with van der Waals surface area (Å²) in [6.45, 7) is 0. The zero-order valence-electron chi connectivity index (χ0n) is 14.1. The lowest BCUT2D eigenvalue weighted by molar-refractivity contribution is -0.141. The molecular weight excluding hydrogens is 413 g/mol. The molecule has 2 aromatic rings. The highest BCUT2D eigenvalue weighted by molar-refractivity contribution is 7.99. The molecule has 1 aliphatic heterocycles. The molecule has 2 atom stereocenters. The van der Waals surface area contributed by atoms with E-state index in [9.17, 15) is 19.8 Å². The predicted octanol–water partition coefficient (Wildman–Crippen LogP) is 4.05. The van der Waals surface area contributed by atoms with Gasteiger partial charge in [-0.1, -0.05) is 35.3 Å². The fourth-order valence-electron chi connectivity index (χ4n) is 2.89. The van der Waals surface area contributed by atoms with Crippen LogP contribution >= 0.6 is 35.0 Å². The summed E-state index contributed by atoms with van der Waals surface area (Å²) in [5.41, 5.74) is 0.621. The van der Waals surface area contributed by atoms with Gasteiger partial charge in [-0.15, -0.1) is 11.8 Å². The van der Waals surface area contributed by atoms with E-state index in [2.05, 4.69) is 0 Å². The maximum atomic E-state index is 13.2. The smallest absolute Gasteiger partial charge is 0.327 e. The van der Waals surface area contributed by atoms with E-state index in [-0.39, 0.29) is 32.9 Å². The Bertz CT molecular complexity index is 887. The molecule has 6 nitrogen and oxygen atoms in total. The van der Waals surface area contributed by atoms with Crippen LogP contribution in [0, 0.1) is 0 Å². The average molecular weight is 428 g/mol. The van der Waals surface area contributed by atoms with Crippen molar-refractivity contribution in [2.45, 2.75) is 11.4 Å². The number of phenolic OH excluding ortho intramolecular Hbond substituents is 1. The van der Waals surface area contributed by atoms with Crippen LogP contribution in [0.15, 0.2) is 36.4 Å². The van der Waals surface area contributed by atoms with E-state index in [4.69, 9.17) is 27.9 Å². The Morgan fingerprint density at radius 1 is 1.22 bits per heavy atom. The van der Waals surface area contributed by atoms with Gasteiger partial charge < -0.3 is 19.8 Å². The molecular formula is C18H15Cl2NO5S. The molecule has 1 aliphatic rings. The number of carbonyl (C=O) groups excluding carboxylic acids is 1. The van der Waals surface area contributed by atoms with Gasteiger partial charge in [-0.2, -0.15) is 0 Å². The van der Waals surface area contributed by atoms with Gasteiger partial charge in [-0.3, -0.25) is 4.79 Å². The van der Waals surface area contributed by atoms with Gasteiger partial charge in [0.25, 0.3) is 5.91 Å². The van der Waals surface area contributed by atoms with E-state index in [0.717, 1.165) is 0 Å². The van der Waals surface area contributed by atoms with Crippen molar-refractivity contribution in [3.63, 3.8) is 0 Å². The van der Waals surface area contributed by atoms with Gasteiger partial charge in [0.2, 0.25) is 0 Å². The van der Waals surface area contributed by atoms with E-state index >= 15 is 0 Å². The Morgan fingerprint density at radius 2 is 1.89 bits per heavy atom. The normalized spacial score (nSPS) is 19.1. The number of hydrogen-bond acceptors (Lipinski definition) is 5. The highest BCUT2D eigenvalue weighted by Crippen LogP contribution is 2.45. The first-order chi connectivity index (χ1) is 12.8. The number of aromatic hydroxyl groups is 1. The highest BCUT2D eigenvalue weighted by Gasteiger charge is 2.43. The summed E-state index contributed by atoms with van der Waals surface area (Å²) in [5.74, 6) is -1.33. The number of phenols is 1. The van der Waals surface area contributed by atoms with Gasteiger partial charge in [-0.25, -0.2) is 4.79 Å². The fraction of sp³-hybridized carbons (Fsp3) is 0.222. The maximum absolute atomic E-state index is 13.2. The minimum atomic E-state index is -1.13. The summed E-state index contributed by atoms with van der Waals surface area (Å²) in [5, 5.41) is 19.3. The SMILES string of the molecule is COc1ccc(C2SCC(C(=O)O)N2C(=O)c2c(Cl)cccc2Cl)cc1O. The van der Waals surface area contributed by atoms with Crippen molar-refractivity contribution < 1.29 is 24.5 Å². The van der Waals surface area contributed by atoms with Crippen molar-refractivity contribution in [2.75, 3.05) is 12.9 Å². The monoisotopic (exact) mass is 427 g/mol. The molecule has 0 spiro atoms. The number of halogens is 2. The summed E-state index contributed by atoms with van der Waals surface area (Å²) in [4.78, 5) is 26.1. The van der Waals surface area contributed by atoms with Crippen LogP contribution in [0.4, 0.5) is 0 Å². The van der Waals surface area contributed by atoms with Crippen LogP contribution in [-0.4, -0.2) is 45.9 Å². The van der Waals surface area contributed by atoms with E-state index in [0.29, 0.717) is 5.56 Å². The first-order valence-electron chi connectivity index (χ1n) is 7.83. The van der Waals surface area contributed by atoms with E-state index < -0.39 is 23.3 Å². The molecule has 142 valence electrons. The molecule has 0 radical (unpaired) electrons. The van der Waals surface area contributed by atoms with E-state index in [1.54, 1.807) is 18.2 Å². The third kappa shape index (κ3) is 3.67. The molecule has 0 aromatic heterocycles. The van der Waals surface area contributed by atoms with E-state index in [1.807, 2.05) is 0 Å². The second-order valence-corrected chi connectivity index (χ2v) is 7.71. The zero-order chi connectivity index (χ0) is 19.7. The molecule has 2 N–H and O–H groups in total. The second kappa shape index (κ2) is 7.88. The summed E-state index contributed by atoms with van der Waals surface area (Å²) in [6, 6.07) is 8.29. The minimum Gasteiger partial charge on any atom is -0.504 e. The van der Waals surface area contributed by atoms with Gasteiger partial charge in [0.1, 0.15) is 11.4 Å². The van der Waals surface area contributed by atoms with Crippen LogP contribution in [-0.2, 0) is 4.79 Å².